The molecule has 0 saturated heterocycles. The van der Waals surface area contributed by atoms with Crippen molar-refractivity contribution < 1.29 is 0 Å². The van der Waals surface area contributed by atoms with Crippen LogP contribution in [0, 0.1) is 6.07 Å². The first-order chi connectivity index (χ1) is 7.34. The molecule has 0 N–H and O–H groups in total. The molecule has 3 rings (SSSR count). The van der Waals surface area contributed by atoms with E-state index in [2.05, 4.69) is 64.5 Å². The zero-order valence-electron chi connectivity index (χ0n) is 8.00. The molecule has 0 aliphatic carbocycles. The topological polar surface area (TPSA) is 0 Å². The molecule has 0 aliphatic heterocycles. The second-order valence-electron chi connectivity index (χ2n) is 3.55. The van der Waals surface area contributed by atoms with Gasteiger partial charge in [-0.25, -0.2) is 0 Å². The maximum absolute atomic E-state index is 3.44. The van der Waals surface area contributed by atoms with Crippen LogP contribution in [0.25, 0.3) is 21.5 Å². The average Bonchev–Trinajstić information content (AvgIpc) is 2.28. The van der Waals surface area contributed by atoms with Crippen LogP contribution in [0.4, 0.5) is 0 Å². The minimum atomic E-state index is 1.00. The highest BCUT2D eigenvalue weighted by Crippen LogP contribution is 2.26. The summed E-state index contributed by atoms with van der Waals surface area (Å²) in [6.45, 7) is 0. The van der Waals surface area contributed by atoms with Gasteiger partial charge in [0.05, 0.1) is 0 Å². The monoisotopic (exact) mass is 255 g/mol. The van der Waals surface area contributed by atoms with Crippen LogP contribution in [-0.2, 0) is 0 Å². The Balaban J connectivity index is 2.55. The summed E-state index contributed by atoms with van der Waals surface area (Å²) in [5.74, 6) is 0. The van der Waals surface area contributed by atoms with Crippen LogP contribution in [0.1, 0.15) is 0 Å². The quantitative estimate of drug-likeness (QED) is 0.517. The molecule has 15 heavy (non-hydrogen) atoms. The van der Waals surface area contributed by atoms with Crippen LogP contribution < -0.4 is 0 Å². The molecular formula is C14H8Br. The summed E-state index contributed by atoms with van der Waals surface area (Å²) in [5.41, 5.74) is 0. The lowest BCUT2D eigenvalue weighted by atomic mass is 10.0. The van der Waals surface area contributed by atoms with Gasteiger partial charge in [-0.05, 0) is 27.6 Å². The molecular weight excluding hydrogens is 248 g/mol. The number of halogens is 1. The smallest absolute Gasteiger partial charge is 0.0260 e. The van der Waals surface area contributed by atoms with E-state index >= 15 is 0 Å². The third kappa shape index (κ3) is 1.44. The molecule has 0 amide bonds. The van der Waals surface area contributed by atoms with Gasteiger partial charge in [0, 0.05) is 10.5 Å². The lowest BCUT2D eigenvalue weighted by molar-refractivity contribution is 1.71. The average molecular weight is 256 g/mol. The third-order valence-corrected chi connectivity index (χ3v) is 3.08. The Kier molecular flexibility index (Phi) is 2.00. The second kappa shape index (κ2) is 3.35. The van der Waals surface area contributed by atoms with Crippen LogP contribution in [0.2, 0.25) is 0 Å². The molecule has 0 spiro atoms. The fourth-order valence-corrected chi connectivity index (χ4v) is 2.26. The summed E-state index contributed by atoms with van der Waals surface area (Å²) in [7, 11) is 0. The van der Waals surface area contributed by atoms with Crippen molar-refractivity contribution in [3.63, 3.8) is 0 Å². The van der Waals surface area contributed by atoms with E-state index in [0.29, 0.717) is 0 Å². The number of fused-ring (bicyclic) bond motifs is 3. The predicted molar refractivity (Wildman–Crippen MR) is 68.0 cm³/mol. The van der Waals surface area contributed by atoms with Crippen molar-refractivity contribution in [2.75, 3.05) is 0 Å². The minimum Gasteiger partial charge on any atom is -0.0616 e. The van der Waals surface area contributed by atoms with Crippen LogP contribution in [-0.4, -0.2) is 0 Å². The highest BCUT2D eigenvalue weighted by Gasteiger charge is 1.99. The molecule has 3 aromatic carbocycles. The molecule has 0 bridgehead atoms. The van der Waals surface area contributed by atoms with Crippen molar-refractivity contribution in [2.24, 2.45) is 0 Å². The Bertz CT molecular complexity index is 641. The Morgan fingerprint density at radius 3 is 2.60 bits per heavy atom. The summed E-state index contributed by atoms with van der Waals surface area (Å²) in [4.78, 5) is 0. The maximum Gasteiger partial charge on any atom is 0.0260 e. The molecule has 1 radical (unpaired) electrons. The van der Waals surface area contributed by atoms with E-state index in [1.807, 2.05) is 6.07 Å². The van der Waals surface area contributed by atoms with Gasteiger partial charge in [0.2, 0.25) is 0 Å². The second-order valence-corrected chi connectivity index (χ2v) is 4.41. The first kappa shape index (κ1) is 8.93. The van der Waals surface area contributed by atoms with Crippen LogP contribution in [0.3, 0.4) is 0 Å². The van der Waals surface area contributed by atoms with Gasteiger partial charge in [0.1, 0.15) is 0 Å². The molecule has 0 aromatic heterocycles. The van der Waals surface area contributed by atoms with E-state index in [1.165, 1.54) is 16.2 Å². The van der Waals surface area contributed by atoms with Crippen LogP contribution in [0.15, 0.2) is 53.0 Å². The molecule has 0 fully saturated rings. The number of hydrogen-bond donors (Lipinski definition) is 0. The van der Waals surface area contributed by atoms with Gasteiger partial charge in [-0.2, -0.15) is 0 Å². The number of rotatable bonds is 0. The number of benzene rings is 3. The van der Waals surface area contributed by atoms with Gasteiger partial charge < -0.3 is 0 Å². The number of hydrogen-bond acceptors (Lipinski definition) is 0. The molecule has 0 nitrogen and oxygen atoms in total. The van der Waals surface area contributed by atoms with Crippen LogP contribution >= 0.6 is 15.9 Å². The van der Waals surface area contributed by atoms with Gasteiger partial charge in [0.15, 0.2) is 0 Å². The highest BCUT2D eigenvalue weighted by molar-refractivity contribution is 9.10. The van der Waals surface area contributed by atoms with Gasteiger partial charge in [-0.15, -0.1) is 0 Å². The van der Waals surface area contributed by atoms with E-state index < -0.39 is 0 Å². The predicted octanol–water partition coefficient (Wildman–Crippen LogP) is 4.56. The largest absolute Gasteiger partial charge is 0.0616 e. The van der Waals surface area contributed by atoms with E-state index in [4.69, 9.17) is 0 Å². The van der Waals surface area contributed by atoms with Gasteiger partial charge in [0.25, 0.3) is 0 Å². The van der Waals surface area contributed by atoms with E-state index in [0.717, 1.165) is 9.86 Å². The molecule has 0 heterocycles. The first-order valence-corrected chi connectivity index (χ1v) is 5.63. The van der Waals surface area contributed by atoms with Crippen molar-refractivity contribution in [1.82, 2.24) is 0 Å². The Morgan fingerprint density at radius 1 is 0.800 bits per heavy atom. The molecule has 3 aromatic rings. The molecule has 71 valence electrons. The van der Waals surface area contributed by atoms with E-state index in [-0.39, 0.29) is 0 Å². The fraction of sp³-hybridized carbons (Fsp3) is 0. The van der Waals surface area contributed by atoms with Gasteiger partial charge in [-0.1, -0.05) is 58.4 Å². The van der Waals surface area contributed by atoms with Crippen molar-refractivity contribution in [3.05, 3.63) is 59.1 Å². The minimum absolute atomic E-state index is 1.00. The normalized spacial score (nSPS) is 11.0. The van der Waals surface area contributed by atoms with Crippen molar-refractivity contribution >= 4 is 37.5 Å². The maximum atomic E-state index is 3.44. The summed E-state index contributed by atoms with van der Waals surface area (Å²) < 4.78 is 1.00. The fourth-order valence-electron chi connectivity index (χ4n) is 1.91. The summed E-state index contributed by atoms with van der Waals surface area (Å²) >= 11 is 3.44. The Labute approximate surface area is 96.7 Å². The Hall–Kier alpha value is -1.34. The lowest BCUT2D eigenvalue weighted by Gasteiger charge is -2.03. The molecule has 0 atom stereocenters. The molecule has 0 unspecified atom stereocenters. The first-order valence-electron chi connectivity index (χ1n) is 4.84. The van der Waals surface area contributed by atoms with Crippen molar-refractivity contribution in [2.45, 2.75) is 0 Å². The SMILES string of the molecule is Brc1[c]c2ccc3ccccc3c2cc1. The molecule has 1 heteroatoms. The molecule has 0 saturated carbocycles. The van der Waals surface area contributed by atoms with Gasteiger partial charge >= 0.3 is 0 Å². The zero-order valence-corrected chi connectivity index (χ0v) is 9.58. The molecule has 0 aliphatic rings. The van der Waals surface area contributed by atoms with Crippen molar-refractivity contribution in [3.8, 4) is 0 Å². The standard InChI is InChI=1S/C14H8Br/c15-12-7-8-14-11(9-12)6-5-10-3-1-2-4-13(10)14/h1-8H. The summed E-state index contributed by atoms with van der Waals surface area (Å²) in [6.07, 6.45) is 0. The van der Waals surface area contributed by atoms with E-state index in [1.54, 1.807) is 0 Å². The van der Waals surface area contributed by atoms with E-state index in [9.17, 15) is 0 Å². The van der Waals surface area contributed by atoms with Crippen molar-refractivity contribution in [1.29, 1.82) is 0 Å². The Morgan fingerprint density at radius 2 is 1.67 bits per heavy atom. The third-order valence-electron chi connectivity index (χ3n) is 2.62. The summed E-state index contributed by atoms with van der Waals surface area (Å²) in [6, 6.07) is 20.2. The van der Waals surface area contributed by atoms with Gasteiger partial charge in [-0.3, -0.25) is 0 Å². The summed E-state index contributed by atoms with van der Waals surface area (Å²) in [5, 5.41) is 4.99. The van der Waals surface area contributed by atoms with Crippen LogP contribution in [0.5, 0.6) is 0 Å². The zero-order chi connectivity index (χ0) is 10.3. The highest BCUT2D eigenvalue weighted by atomic mass is 79.9. The lowest BCUT2D eigenvalue weighted by Crippen LogP contribution is -1.77.